The highest BCUT2D eigenvalue weighted by atomic mass is 15.1. The van der Waals surface area contributed by atoms with Crippen LogP contribution in [0.5, 0.6) is 0 Å². The monoisotopic (exact) mass is 335 g/mol. The molecule has 0 radical (unpaired) electrons. The smallest absolute Gasteiger partial charge is 0.234 e. The van der Waals surface area contributed by atoms with Gasteiger partial charge in [0.2, 0.25) is 0 Å². The number of nitrogens with zero attached hydrogens (tertiary/aromatic N) is 2. The van der Waals surface area contributed by atoms with Crippen molar-refractivity contribution in [2.75, 3.05) is 0 Å². The zero-order valence-corrected chi connectivity index (χ0v) is 16.9. The Hall–Kier alpha value is -0.790. The molecule has 1 heterocycles. The Morgan fingerprint density at radius 2 is 1.29 bits per heavy atom. The second-order valence-corrected chi connectivity index (χ2v) is 7.39. The molecule has 0 spiro atoms. The third-order valence-corrected chi connectivity index (χ3v) is 5.06. The molecule has 0 aromatic carbocycles. The van der Waals surface area contributed by atoms with E-state index in [-0.39, 0.29) is 0 Å². The summed E-state index contributed by atoms with van der Waals surface area (Å²) < 4.78 is 5.00. The minimum Gasteiger partial charge on any atom is -0.234 e. The first-order chi connectivity index (χ1) is 11.8. The molecule has 2 heteroatoms. The number of hydrogen-bond acceptors (Lipinski definition) is 0. The zero-order valence-electron chi connectivity index (χ0n) is 16.9. The first-order valence-electron chi connectivity index (χ1n) is 10.9. The number of aromatic nitrogens is 2. The van der Waals surface area contributed by atoms with Gasteiger partial charge in [0.15, 0.2) is 0 Å². The molecule has 140 valence electrons. The van der Waals surface area contributed by atoms with Crippen molar-refractivity contribution in [1.29, 1.82) is 0 Å². The lowest BCUT2D eigenvalue weighted by Crippen LogP contribution is -2.37. The second kappa shape index (κ2) is 14.5. The Morgan fingerprint density at radius 3 is 1.88 bits per heavy atom. The SMILES string of the molecule is CCCCCCCCCCCCc1n(CCCC)cc[n+]1CCC. The van der Waals surface area contributed by atoms with Crippen LogP contribution in [0.3, 0.4) is 0 Å². The molecule has 2 nitrogen and oxygen atoms in total. The van der Waals surface area contributed by atoms with Crippen molar-refractivity contribution < 1.29 is 4.57 Å². The van der Waals surface area contributed by atoms with Crippen molar-refractivity contribution in [3.8, 4) is 0 Å². The minimum atomic E-state index is 1.17. The molecule has 1 aromatic heterocycles. The van der Waals surface area contributed by atoms with Crippen molar-refractivity contribution in [3.05, 3.63) is 18.2 Å². The van der Waals surface area contributed by atoms with E-state index in [0.29, 0.717) is 0 Å². The van der Waals surface area contributed by atoms with Gasteiger partial charge in [0.25, 0.3) is 5.82 Å². The van der Waals surface area contributed by atoms with Crippen LogP contribution in [0.25, 0.3) is 0 Å². The maximum absolute atomic E-state index is 2.51. The fraction of sp³-hybridized carbons (Fsp3) is 0.864. The van der Waals surface area contributed by atoms with Crippen molar-refractivity contribution in [2.24, 2.45) is 0 Å². The van der Waals surface area contributed by atoms with Gasteiger partial charge in [-0.2, -0.15) is 0 Å². The Kier molecular flexibility index (Phi) is 12.9. The molecule has 0 unspecified atom stereocenters. The van der Waals surface area contributed by atoms with Crippen molar-refractivity contribution in [1.82, 2.24) is 4.57 Å². The number of hydrogen-bond donors (Lipinski definition) is 0. The van der Waals surface area contributed by atoms with Crippen LogP contribution >= 0.6 is 0 Å². The molecule has 0 aliphatic heterocycles. The molecular weight excluding hydrogens is 292 g/mol. The summed E-state index contributed by atoms with van der Waals surface area (Å²) >= 11 is 0. The van der Waals surface area contributed by atoms with Crippen LogP contribution in [0, 0.1) is 0 Å². The lowest BCUT2D eigenvalue weighted by molar-refractivity contribution is -0.703. The van der Waals surface area contributed by atoms with Gasteiger partial charge in [-0.05, 0) is 19.3 Å². The molecule has 0 saturated heterocycles. The van der Waals surface area contributed by atoms with Gasteiger partial charge in [-0.3, -0.25) is 0 Å². The Morgan fingerprint density at radius 1 is 0.708 bits per heavy atom. The van der Waals surface area contributed by atoms with Crippen LogP contribution in [0.2, 0.25) is 0 Å². The number of unbranched alkanes of at least 4 members (excludes halogenated alkanes) is 10. The van der Waals surface area contributed by atoms with Crippen LogP contribution in [0.4, 0.5) is 0 Å². The summed E-state index contributed by atoms with van der Waals surface area (Å²) in [6.45, 7) is 9.22. The summed E-state index contributed by atoms with van der Waals surface area (Å²) in [5.74, 6) is 1.56. The van der Waals surface area contributed by atoms with Crippen molar-refractivity contribution >= 4 is 0 Å². The average molecular weight is 336 g/mol. The Bertz CT molecular complexity index is 395. The van der Waals surface area contributed by atoms with Gasteiger partial charge >= 0.3 is 0 Å². The highest BCUT2D eigenvalue weighted by molar-refractivity contribution is 4.84. The minimum absolute atomic E-state index is 1.17. The predicted molar refractivity (Wildman–Crippen MR) is 105 cm³/mol. The first-order valence-corrected chi connectivity index (χ1v) is 10.9. The summed E-state index contributed by atoms with van der Waals surface area (Å²) in [6.07, 6.45) is 23.9. The van der Waals surface area contributed by atoms with Crippen LogP contribution in [0.1, 0.15) is 110 Å². The maximum Gasteiger partial charge on any atom is 0.256 e. The van der Waals surface area contributed by atoms with E-state index in [1.165, 1.54) is 103 Å². The third kappa shape index (κ3) is 8.89. The van der Waals surface area contributed by atoms with E-state index in [9.17, 15) is 0 Å². The fourth-order valence-electron chi connectivity index (χ4n) is 3.53. The highest BCUT2D eigenvalue weighted by Crippen LogP contribution is 2.12. The maximum atomic E-state index is 2.51. The van der Waals surface area contributed by atoms with Gasteiger partial charge in [0.05, 0.1) is 13.1 Å². The molecule has 0 aliphatic rings. The third-order valence-electron chi connectivity index (χ3n) is 5.06. The van der Waals surface area contributed by atoms with Crippen LogP contribution in [0.15, 0.2) is 12.4 Å². The van der Waals surface area contributed by atoms with Crippen LogP contribution < -0.4 is 4.57 Å². The van der Waals surface area contributed by atoms with Gasteiger partial charge in [-0.15, -0.1) is 0 Å². The van der Waals surface area contributed by atoms with Crippen LogP contribution in [-0.4, -0.2) is 4.57 Å². The molecule has 0 fully saturated rings. The largest absolute Gasteiger partial charge is 0.256 e. The van der Waals surface area contributed by atoms with Gasteiger partial charge < -0.3 is 0 Å². The van der Waals surface area contributed by atoms with E-state index < -0.39 is 0 Å². The summed E-state index contributed by atoms with van der Waals surface area (Å²) in [4.78, 5) is 0. The zero-order chi connectivity index (χ0) is 17.5. The molecule has 1 rings (SSSR count). The van der Waals surface area contributed by atoms with E-state index in [4.69, 9.17) is 0 Å². The first kappa shape index (κ1) is 21.3. The molecule has 0 N–H and O–H groups in total. The normalized spacial score (nSPS) is 11.3. The summed E-state index contributed by atoms with van der Waals surface area (Å²) in [5.41, 5.74) is 0. The second-order valence-electron chi connectivity index (χ2n) is 7.39. The fourth-order valence-corrected chi connectivity index (χ4v) is 3.53. The van der Waals surface area contributed by atoms with E-state index >= 15 is 0 Å². The van der Waals surface area contributed by atoms with Crippen molar-refractivity contribution in [2.45, 2.75) is 124 Å². The lowest BCUT2D eigenvalue weighted by atomic mass is 10.1. The molecule has 24 heavy (non-hydrogen) atoms. The molecule has 0 atom stereocenters. The number of aryl methyl sites for hydroxylation is 2. The van der Waals surface area contributed by atoms with E-state index in [1.807, 2.05) is 0 Å². The molecule has 0 aliphatic carbocycles. The molecule has 0 bridgehead atoms. The summed E-state index contributed by atoms with van der Waals surface area (Å²) in [6, 6.07) is 0. The lowest BCUT2D eigenvalue weighted by Gasteiger charge is -2.05. The molecular formula is C22H43N2+. The van der Waals surface area contributed by atoms with E-state index in [2.05, 4.69) is 42.3 Å². The van der Waals surface area contributed by atoms with Gasteiger partial charge in [0.1, 0.15) is 12.4 Å². The van der Waals surface area contributed by atoms with Gasteiger partial charge in [0, 0.05) is 6.42 Å². The highest BCUT2D eigenvalue weighted by Gasteiger charge is 2.15. The number of rotatable bonds is 16. The van der Waals surface area contributed by atoms with E-state index in [1.54, 1.807) is 5.82 Å². The average Bonchev–Trinajstić information content (AvgIpc) is 2.97. The topological polar surface area (TPSA) is 8.81 Å². The van der Waals surface area contributed by atoms with Crippen molar-refractivity contribution in [3.63, 3.8) is 0 Å². The van der Waals surface area contributed by atoms with Gasteiger partial charge in [-0.1, -0.05) is 85.0 Å². The number of imidazole rings is 1. The summed E-state index contributed by atoms with van der Waals surface area (Å²) in [7, 11) is 0. The van der Waals surface area contributed by atoms with E-state index in [0.717, 1.165) is 0 Å². The summed E-state index contributed by atoms with van der Waals surface area (Å²) in [5, 5.41) is 0. The molecule has 1 aromatic rings. The van der Waals surface area contributed by atoms with Crippen LogP contribution in [-0.2, 0) is 19.5 Å². The standard InChI is InChI=1S/C22H43N2/c1-4-7-9-10-11-12-13-14-15-16-17-22-23(18-6-3)20-21-24(22)19-8-5-2/h20-21H,4-19H2,1-3H3/q+1. The Balaban J connectivity index is 2.20. The van der Waals surface area contributed by atoms with Gasteiger partial charge in [-0.25, -0.2) is 9.13 Å². The predicted octanol–water partition coefficient (Wildman–Crippen LogP) is 6.45. The quantitative estimate of drug-likeness (QED) is 0.242. The molecule has 0 amide bonds. The molecule has 0 saturated carbocycles. The Labute approximate surface area is 151 Å².